The van der Waals surface area contributed by atoms with Crippen LogP contribution in [-0.4, -0.2) is 9.97 Å². The van der Waals surface area contributed by atoms with E-state index in [2.05, 4.69) is 16.0 Å². The molecule has 0 fully saturated rings. The molecule has 0 amide bonds. The van der Waals surface area contributed by atoms with Crippen molar-refractivity contribution in [3.8, 4) is 17.8 Å². The van der Waals surface area contributed by atoms with Gasteiger partial charge in [0.2, 0.25) is 0 Å². The maximum absolute atomic E-state index is 8.88. The minimum absolute atomic E-state index is 0.231. The third kappa shape index (κ3) is 2.41. The van der Waals surface area contributed by atoms with Gasteiger partial charge in [0, 0.05) is 5.69 Å². The summed E-state index contributed by atoms with van der Waals surface area (Å²) in [7, 11) is 0. The molecule has 0 radical (unpaired) electrons. The molecule has 1 aliphatic rings. The van der Waals surface area contributed by atoms with Gasteiger partial charge in [0.05, 0.1) is 0 Å². The molecule has 4 heteroatoms. The number of aromatic nitrogens is 2. The highest BCUT2D eigenvalue weighted by Crippen LogP contribution is 2.27. The van der Waals surface area contributed by atoms with Crippen molar-refractivity contribution in [1.82, 2.24) is 9.97 Å². The molecule has 0 N–H and O–H groups in total. The van der Waals surface area contributed by atoms with E-state index >= 15 is 0 Å². The van der Waals surface area contributed by atoms with E-state index in [9.17, 15) is 0 Å². The van der Waals surface area contributed by atoms with Crippen LogP contribution < -0.4 is 4.74 Å². The minimum atomic E-state index is 0.231. The number of hydrogen-bond donors (Lipinski definition) is 0. The lowest BCUT2D eigenvalue weighted by molar-refractivity contribution is 0.439. The average molecular weight is 251 g/mol. The third-order valence-electron chi connectivity index (χ3n) is 3.23. The van der Waals surface area contributed by atoms with Crippen LogP contribution in [0.25, 0.3) is 0 Å². The van der Waals surface area contributed by atoms with E-state index in [1.165, 1.54) is 17.5 Å². The van der Waals surface area contributed by atoms with E-state index in [0.717, 1.165) is 24.3 Å². The fourth-order valence-corrected chi connectivity index (χ4v) is 2.36. The minimum Gasteiger partial charge on any atom is -0.424 e. The lowest BCUT2D eigenvalue weighted by Crippen LogP contribution is -1.96. The van der Waals surface area contributed by atoms with Crippen molar-refractivity contribution in [1.29, 1.82) is 5.26 Å². The molecule has 0 bridgehead atoms. The van der Waals surface area contributed by atoms with Crippen LogP contribution in [0.2, 0.25) is 0 Å². The molecule has 0 aliphatic heterocycles. The van der Waals surface area contributed by atoms with Crippen LogP contribution >= 0.6 is 0 Å². The van der Waals surface area contributed by atoms with Gasteiger partial charge >= 0.3 is 6.01 Å². The van der Waals surface area contributed by atoms with Crippen molar-refractivity contribution >= 4 is 0 Å². The Morgan fingerprint density at radius 1 is 1.16 bits per heavy atom. The molecule has 1 aliphatic carbocycles. The SMILES string of the molecule is Cc1cc(C#N)nc(Oc2ccc3c(c2)CCC3)n1. The van der Waals surface area contributed by atoms with Crippen LogP contribution in [0.4, 0.5) is 0 Å². The van der Waals surface area contributed by atoms with Crippen molar-refractivity contribution in [2.45, 2.75) is 26.2 Å². The fraction of sp³-hybridized carbons (Fsp3) is 0.267. The predicted molar refractivity (Wildman–Crippen MR) is 70.0 cm³/mol. The molecule has 3 rings (SSSR count). The maximum Gasteiger partial charge on any atom is 0.323 e. The summed E-state index contributed by atoms with van der Waals surface area (Å²) in [4.78, 5) is 8.23. The van der Waals surface area contributed by atoms with E-state index in [1.807, 2.05) is 25.1 Å². The molecule has 0 spiro atoms. The van der Waals surface area contributed by atoms with Crippen LogP contribution in [0, 0.1) is 18.3 Å². The van der Waals surface area contributed by atoms with Gasteiger partial charge in [0.1, 0.15) is 17.5 Å². The molecule has 19 heavy (non-hydrogen) atoms. The lowest BCUT2D eigenvalue weighted by Gasteiger charge is -2.06. The van der Waals surface area contributed by atoms with Crippen LogP contribution in [0.1, 0.15) is 28.9 Å². The molecule has 0 unspecified atom stereocenters. The first kappa shape index (κ1) is 11.7. The second kappa shape index (κ2) is 4.69. The number of hydrogen-bond acceptors (Lipinski definition) is 4. The van der Waals surface area contributed by atoms with Crippen molar-refractivity contribution in [3.63, 3.8) is 0 Å². The summed E-state index contributed by atoms with van der Waals surface area (Å²) < 4.78 is 5.65. The highest BCUT2D eigenvalue weighted by molar-refractivity contribution is 5.39. The summed E-state index contributed by atoms with van der Waals surface area (Å²) in [5.41, 5.74) is 3.78. The second-order valence-corrected chi connectivity index (χ2v) is 4.68. The summed E-state index contributed by atoms with van der Waals surface area (Å²) in [6, 6.07) is 9.94. The van der Waals surface area contributed by atoms with Crippen LogP contribution in [-0.2, 0) is 12.8 Å². The zero-order chi connectivity index (χ0) is 13.2. The van der Waals surface area contributed by atoms with Crippen molar-refractivity contribution < 1.29 is 4.74 Å². The molecular formula is C15H13N3O. The Bertz CT molecular complexity index is 674. The summed E-state index contributed by atoms with van der Waals surface area (Å²) in [6.07, 6.45) is 3.46. The first-order chi connectivity index (χ1) is 9.24. The molecule has 1 aromatic heterocycles. The standard InChI is InChI=1S/C15H13N3O/c1-10-7-13(9-16)18-15(17-10)19-14-6-5-11-3-2-4-12(11)8-14/h5-8H,2-4H2,1H3. The number of aryl methyl sites for hydroxylation is 3. The smallest absolute Gasteiger partial charge is 0.323 e. The van der Waals surface area contributed by atoms with Gasteiger partial charge in [0.25, 0.3) is 0 Å². The Labute approximate surface area is 111 Å². The van der Waals surface area contributed by atoms with Gasteiger partial charge in [-0.3, -0.25) is 0 Å². The van der Waals surface area contributed by atoms with Crippen LogP contribution in [0.5, 0.6) is 11.8 Å². The predicted octanol–water partition coefficient (Wildman–Crippen LogP) is 2.94. The molecule has 0 saturated carbocycles. The number of ether oxygens (including phenoxy) is 1. The summed E-state index contributed by atoms with van der Waals surface area (Å²) in [6.45, 7) is 1.82. The highest BCUT2D eigenvalue weighted by Gasteiger charge is 2.12. The Balaban J connectivity index is 1.89. The van der Waals surface area contributed by atoms with E-state index in [-0.39, 0.29) is 6.01 Å². The maximum atomic E-state index is 8.88. The quantitative estimate of drug-likeness (QED) is 0.823. The molecule has 1 heterocycles. The Morgan fingerprint density at radius 2 is 2.00 bits per heavy atom. The van der Waals surface area contributed by atoms with Gasteiger partial charge in [-0.25, -0.2) is 4.98 Å². The Morgan fingerprint density at radius 3 is 2.84 bits per heavy atom. The summed E-state index contributed by atoms with van der Waals surface area (Å²) in [5, 5.41) is 8.88. The third-order valence-corrected chi connectivity index (χ3v) is 3.23. The van der Waals surface area contributed by atoms with Crippen LogP contribution in [0.3, 0.4) is 0 Å². The number of nitriles is 1. The van der Waals surface area contributed by atoms with Gasteiger partial charge in [-0.2, -0.15) is 10.2 Å². The zero-order valence-corrected chi connectivity index (χ0v) is 10.7. The molecule has 94 valence electrons. The van der Waals surface area contributed by atoms with E-state index < -0.39 is 0 Å². The first-order valence-electron chi connectivity index (χ1n) is 6.30. The van der Waals surface area contributed by atoms with Gasteiger partial charge in [-0.15, -0.1) is 0 Å². The van der Waals surface area contributed by atoms with Crippen molar-refractivity contribution in [3.05, 3.63) is 46.8 Å². The topological polar surface area (TPSA) is 58.8 Å². The summed E-state index contributed by atoms with van der Waals surface area (Å²) in [5.74, 6) is 0.732. The van der Waals surface area contributed by atoms with Crippen LogP contribution in [0.15, 0.2) is 24.3 Å². The Kier molecular flexibility index (Phi) is 2.88. The zero-order valence-electron chi connectivity index (χ0n) is 10.7. The number of benzene rings is 1. The Hall–Kier alpha value is -2.41. The molecule has 2 aromatic rings. The fourth-order valence-electron chi connectivity index (χ4n) is 2.36. The number of fused-ring (bicyclic) bond motifs is 1. The van der Waals surface area contributed by atoms with E-state index in [4.69, 9.17) is 10.00 Å². The number of rotatable bonds is 2. The first-order valence-corrected chi connectivity index (χ1v) is 6.30. The lowest BCUT2D eigenvalue weighted by atomic mass is 10.1. The molecule has 0 saturated heterocycles. The number of nitrogens with zero attached hydrogens (tertiary/aromatic N) is 3. The van der Waals surface area contributed by atoms with Crippen molar-refractivity contribution in [2.24, 2.45) is 0 Å². The molecular weight excluding hydrogens is 238 g/mol. The molecule has 0 atom stereocenters. The average Bonchev–Trinajstić information content (AvgIpc) is 2.85. The summed E-state index contributed by atoms with van der Waals surface area (Å²) >= 11 is 0. The van der Waals surface area contributed by atoms with Gasteiger partial charge in [-0.05, 0) is 55.5 Å². The van der Waals surface area contributed by atoms with Gasteiger partial charge < -0.3 is 4.74 Å². The molecule has 1 aromatic carbocycles. The highest BCUT2D eigenvalue weighted by atomic mass is 16.5. The van der Waals surface area contributed by atoms with E-state index in [0.29, 0.717) is 5.69 Å². The van der Waals surface area contributed by atoms with Gasteiger partial charge in [-0.1, -0.05) is 6.07 Å². The van der Waals surface area contributed by atoms with E-state index in [1.54, 1.807) is 6.07 Å². The second-order valence-electron chi connectivity index (χ2n) is 4.68. The largest absolute Gasteiger partial charge is 0.424 e. The van der Waals surface area contributed by atoms with Crippen molar-refractivity contribution in [2.75, 3.05) is 0 Å². The molecule has 4 nitrogen and oxygen atoms in total. The normalized spacial score (nSPS) is 12.8. The van der Waals surface area contributed by atoms with Gasteiger partial charge in [0.15, 0.2) is 0 Å². The monoisotopic (exact) mass is 251 g/mol.